The molecule has 1 aromatic heterocycles. The molecule has 2 aromatic rings. The van der Waals surface area contributed by atoms with Crippen molar-refractivity contribution in [2.24, 2.45) is 0 Å². The number of aryl methyl sites for hydroxylation is 1. The lowest BCUT2D eigenvalue weighted by Crippen LogP contribution is -2.12. The van der Waals surface area contributed by atoms with Crippen molar-refractivity contribution >= 4 is 17.3 Å². The second-order valence-electron chi connectivity index (χ2n) is 4.37. The van der Waals surface area contributed by atoms with Crippen molar-refractivity contribution in [1.29, 1.82) is 0 Å². The number of anilines is 2. The van der Waals surface area contributed by atoms with Gasteiger partial charge in [-0.2, -0.15) is 0 Å². The molecular weight excluding hydrogens is 254 g/mol. The molecule has 3 N–H and O–H groups in total. The van der Waals surface area contributed by atoms with E-state index in [2.05, 4.69) is 10.3 Å². The molecule has 0 aliphatic rings. The third-order valence-electron chi connectivity index (χ3n) is 2.88. The molecular formula is C15H17N3O2. The largest absolute Gasteiger partial charge is 0.495 e. The van der Waals surface area contributed by atoms with Gasteiger partial charge in [-0.15, -0.1) is 0 Å². The predicted molar refractivity (Wildman–Crippen MR) is 78.6 cm³/mol. The Morgan fingerprint density at radius 2 is 2.25 bits per heavy atom. The van der Waals surface area contributed by atoms with E-state index in [9.17, 15) is 4.79 Å². The first-order valence-corrected chi connectivity index (χ1v) is 6.31. The van der Waals surface area contributed by atoms with Gasteiger partial charge in [0.2, 0.25) is 5.91 Å². The highest BCUT2D eigenvalue weighted by molar-refractivity contribution is 5.91. The molecule has 0 bridgehead atoms. The summed E-state index contributed by atoms with van der Waals surface area (Å²) in [4.78, 5) is 15.9. The number of amides is 1. The molecule has 0 fully saturated rings. The van der Waals surface area contributed by atoms with Crippen LogP contribution in [0, 0.1) is 0 Å². The lowest BCUT2D eigenvalue weighted by Gasteiger charge is -2.09. The van der Waals surface area contributed by atoms with Crippen LogP contribution in [0.2, 0.25) is 0 Å². The SMILES string of the molecule is COc1cc(NC(=O)CCc2cccnc2)ccc1N. The fraction of sp³-hybridized carbons (Fsp3) is 0.200. The Morgan fingerprint density at radius 1 is 1.40 bits per heavy atom. The van der Waals surface area contributed by atoms with Crippen LogP contribution in [0.3, 0.4) is 0 Å². The molecule has 1 heterocycles. The second-order valence-corrected chi connectivity index (χ2v) is 4.37. The number of nitrogens with zero attached hydrogens (tertiary/aromatic N) is 1. The van der Waals surface area contributed by atoms with Gasteiger partial charge in [-0.05, 0) is 30.2 Å². The number of benzene rings is 1. The van der Waals surface area contributed by atoms with Gasteiger partial charge in [0.1, 0.15) is 5.75 Å². The van der Waals surface area contributed by atoms with E-state index in [4.69, 9.17) is 10.5 Å². The summed E-state index contributed by atoms with van der Waals surface area (Å²) in [6, 6.07) is 8.97. The van der Waals surface area contributed by atoms with Crippen molar-refractivity contribution in [3.8, 4) is 5.75 Å². The van der Waals surface area contributed by atoms with E-state index in [1.807, 2.05) is 12.1 Å². The summed E-state index contributed by atoms with van der Waals surface area (Å²) in [5.74, 6) is 0.496. The number of methoxy groups -OCH3 is 1. The summed E-state index contributed by atoms with van der Waals surface area (Å²) in [6.45, 7) is 0. The van der Waals surface area contributed by atoms with Gasteiger partial charge in [0.25, 0.3) is 0 Å². The minimum atomic E-state index is -0.0549. The first-order valence-electron chi connectivity index (χ1n) is 6.31. The van der Waals surface area contributed by atoms with Crippen LogP contribution < -0.4 is 15.8 Å². The number of carbonyl (C=O) groups is 1. The normalized spacial score (nSPS) is 10.1. The number of carbonyl (C=O) groups excluding carboxylic acids is 1. The highest BCUT2D eigenvalue weighted by Gasteiger charge is 2.06. The van der Waals surface area contributed by atoms with E-state index < -0.39 is 0 Å². The number of hydrogen-bond donors (Lipinski definition) is 2. The minimum Gasteiger partial charge on any atom is -0.495 e. The molecule has 2 rings (SSSR count). The lowest BCUT2D eigenvalue weighted by atomic mass is 10.1. The van der Waals surface area contributed by atoms with Crippen molar-refractivity contribution in [2.75, 3.05) is 18.2 Å². The number of hydrogen-bond acceptors (Lipinski definition) is 4. The zero-order chi connectivity index (χ0) is 14.4. The van der Waals surface area contributed by atoms with Crippen molar-refractivity contribution in [2.45, 2.75) is 12.8 Å². The predicted octanol–water partition coefficient (Wildman–Crippen LogP) is 2.24. The monoisotopic (exact) mass is 271 g/mol. The molecule has 0 spiro atoms. The highest BCUT2D eigenvalue weighted by Crippen LogP contribution is 2.25. The number of aromatic nitrogens is 1. The molecule has 0 radical (unpaired) electrons. The van der Waals surface area contributed by atoms with Gasteiger partial charge in [-0.3, -0.25) is 9.78 Å². The third-order valence-corrected chi connectivity index (χ3v) is 2.88. The summed E-state index contributed by atoms with van der Waals surface area (Å²) < 4.78 is 5.11. The maximum absolute atomic E-state index is 11.9. The van der Waals surface area contributed by atoms with Crippen molar-refractivity contribution in [3.05, 3.63) is 48.3 Å². The molecule has 0 atom stereocenters. The van der Waals surface area contributed by atoms with Gasteiger partial charge < -0.3 is 15.8 Å². The van der Waals surface area contributed by atoms with Crippen molar-refractivity contribution in [3.63, 3.8) is 0 Å². The van der Waals surface area contributed by atoms with Gasteiger partial charge in [-0.25, -0.2) is 0 Å². The number of ether oxygens (including phenoxy) is 1. The van der Waals surface area contributed by atoms with Crippen LogP contribution in [0.4, 0.5) is 11.4 Å². The third kappa shape index (κ3) is 3.71. The number of nitrogen functional groups attached to an aromatic ring is 1. The lowest BCUT2D eigenvalue weighted by molar-refractivity contribution is -0.116. The van der Waals surface area contributed by atoms with Gasteiger partial charge in [0.05, 0.1) is 12.8 Å². The first-order chi connectivity index (χ1) is 9.69. The summed E-state index contributed by atoms with van der Waals surface area (Å²) in [5, 5.41) is 2.82. The summed E-state index contributed by atoms with van der Waals surface area (Å²) in [5.41, 5.74) is 7.98. The maximum Gasteiger partial charge on any atom is 0.224 e. The van der Waals surface area contributed by atoms with Crippen molar-refractivity contribution < 1.29 is 9.53 Å². The fourth-order valence-corrected chi connectivity index (χ4v) is 1.82. The molecule has 0 saturated heterocycles. The van der Waals surface area contributed by atoms with E-state index in [1.165, 1.54) is 0 Å². The van der Waals surface area contributed by atoms with Crippen LogP contribution in [0.15, 0.2) is 42.7 Å². The quantitative estimate of drug-likeness (QED) is 0.818. The van der Waals surface area contributed by atoms with Crippen LogP contribution in [0.1, 0.15) is 12.0 Å². The van der Waals surface area contributed by atoms with E-state index in [0.29, 0.717) is 30.0 Å². The number of nitrogens with one attached hydrogen (secondary N) is 1. The molecule has 20 heavy (non-hydrogen) atoms. The Bertz CT molecular complexity index is 585. The Labute approximate surface area is 117 Å². The maximum atomic E-state index is 11.9. The van der Waals surface area contributed by atoms with E-state index in [0.717, 1.165) is 5.56 Å². The molecule has 5 heteroatoms. The number of nitrogens with two attached hydrogens (primary N) is 1. The van der Waals surface area contributed by atoms with E-state index >= 15 is 0 Å². The standard InChI is InChI=1S/C15H17N3O2/c1-20-14-9-12(5-6-13(14)16)18-15(19)7-4-11-3-2-8-17-10-11/h2-3,5-6,8-10H,4,7,16H2,1H3,(H,18,19). The molecule has 0 unspecified atom stereocenters. The highest BCUT2D eigenvalue weighted by atomic mass is 16.5. The zero-order valence-electron chi connectivity index (χ0n) is 11.3. The Kier molecular flexibility index (Phi) is 4.55. The molecule has 5 nitrogen and oxygen atoms in total. The Morgan fingerprint density at radius 3 is 2.95 bits per heavy atom. The number of rotatable bonds is 5. The molecule has 0 saturated carbocycles. The molecule has 0 aliphatic carbocycles. The van der Waals surface area contributed by atoms with Crippen molar-refractivity contribution in [1.82, 2.24) is 4.98 Å². The fourth-order valence-electron chi connectivity index (χ4n) is 1.82. The van der Waals surface area contributed by atoms with Gasteiger partial charge in [0.15, 0.2) is 0 Å². The first kappa shape index (κ1) is 13.9. The summed E-state index contributed by atoms with van der Waals surface area (Å²) in [6.07, 6.45) is 4.54. The molecule has 0 aliphatic heterocycles. The smallest absolute Gasteiger partial charge is 0.224 e. The van der Waals surface area contributed by atoms with E-state index in [-0.39, 0.29) is 5.91 Å². The topological polar surface area (TPSA) is 77.2 Å². The number of pyridine rings is 1. The van der Waals surface area contributed by atoms with Gasteiger partial charge >= 0.3 is 0 Å². The zero-order valence-corrected chi connectivity index (χ0v) is 11.3. The average Bonchev–Trinajstić information content (AvgIpc) is 2.48. The molecule has 1 aromatic carbocycles. The minimum absolute atomic E-state index is 0.0549. The van der Waals surface area contributed by atoms with Gasteiger partial charge in [-0.1, -0.05) is 6.07 Å². The Balaban J connectivity index is 1.91. The van der Waals surface area contributed by atoms with Crippen LogP contribution in [0.5, 0.6) is 5.75 Å². The second kappa shape index (κ2) is 6.56. The molecule has 104 valence electrons. The average molecular weight is 271 g/mol. The van der Waals surface area contributed by atoms with E-state index in [1.54, 1.807) is 37.7 Å². The van der Waals surface area contributed by atoms with Crippen LogP contribution in [0.25, 0.3) is 0 Å². The van der Waals surface area contributed by atoms with Crippen LogP contribution in [-0.4, -0.2) is 18.0 Å². The Hall–Kier alpha value is -2.56. The summed E-state index contributed by atoms with van der Waals surface area (Å²) >= 11 is 0. The van der Waals surface area contributed by atoms with Crippen LogP contribution in [-0.2, 0) is 11.2 Å². The van der Waals surface area contributed by atoms with Crippen LogP contribution >= 0.6 is 0 Å². The van der Waals surface area contributed by atoms with Gasteiger partial charge in [0, 0.05) is 30.6 Å². The summed E-state index contributed by atoms with van der Waals surface area (Å²) in [7, 11) is 1.54. The molecule has 1 amide bonds.